The largest absolute Gasteiger partial charge is 0.482 e. The monoisotopic (exact) mass is 371 g/mol. The van der Waals surface area contributed by atoms with Gasteiger partial charge in [-0.2, -0.15) is 0 Å². The summed E-state index contributed by atoms with van der Waals surface area (Å²) in [6.07, 6.45) is 0. The molecule has 1 aliphatic rings. The minimum absolute atomic E-state index is 0.200. The Morgan fingerprint density at radius 3 is 2.70 bits per heavy atom. The number of fused-ring (bicyclic) bond motifs is 1. The van der Waals surface area contributed by atoms with Crippen LogP contribution in [0.4, 0.5) is 0 Å². The standard InChI is InChI=1S/C20H21NO6/c1-13-3-4-14(2)17(7-13)24-11-20(23)25-10-19(22)21-9-15-5-6-16-18(8-15)27-12-26-16/h3-8H,9-12H2,1-2H3,(H,21,22). The molecule has 1 heterocycles. The Labute approximate surface area is 157 Å². The third-order valence-electron chi connectivity index (χ3n) is 3.98. The third kappa shape index (κ3) is 5.13. The average molecular weight is 371 g/mol. The summed E-state index contributed by atoms with van der Waals surface area (Å²) in [5.74, 6) is 0.959. The number of carbonyl (C=O) groups excluding carboxylic acids is 2. The number of hydrogen-bond donors (Lipinski definition) is 1. The van der Waals surface area contributed by atoms with E-state index >= 15 is 0 Å². The summed E-state index contributed by atoms with van der Waals surface area (Å²) < 4.78 is 20.9. The molecular weight excluding hydrogens is 350 g/mol. The van der Waals surface area contributed by atoms with Crippen molar-refractivity contribution in [3.63, 3.8) is 0 Å². The van der Waals surface area contributed by atoms with Gasteiger partial charge in [-0.05, 0) is 48.7 Å². The van der Waals surface area contributed by atoms with E-state index in [2.05, 4.69) is 5.32 Å². The number of benzene rings is 2. The molecule has 0 saturated heterocycles. The first-order valence-corrected chi connectivity index (χ1v) is 8.52. The molecule has 0 saturated carbocycles. The van der Waals surface area contributed by atoms with Gasteiger partial charge < -0.3 is 24.3 Å². The van der Waals surface area contributed by atoms with Crippen LogP contribution in [0, 0.1) is 13.8 Å². The SMILES string of the molecule is Cc1ccc(C)c(OCC(=O)OCC(=O)NCc2ccc3c(c2)OCO3)c1. The molecule has 7 heteroatoms. The zero-order valence-corrected chi connectivity index (χ0v) is 15.2. The van der Waals surface area contributed by atoms with E-state index in [9.17, 15) is 9.59 Å². The lowest BCUT2D eigenvalue weighted by Gasteiger charge is -2.10. The fourth-order valence-corrected chi connectivity index (χ4v) is 2.49. The van der Waals surface area contributed by atoms with Crippen LogP contribution >= 0.6 is 0 Å². The fraction of sp³-hybridized carbons (Fsp3) is 0.300. The van der Waals surface area contributed by atoms with Gasteiger partial charge in [0.1, 0.15) is 5.75 Å². The van der Waals surface area contributed by atoms with Crippen molar-refractivity contribution in [3.05, 3.63) is 53.1 Å². The van der Waals surface area contributed by atoms with Crippen LogP contribution in [0.1, 0.15) is 16.7 Å². The Morgan fingerprint density at radius 2 is 1.85 bits per heavy atom. The van der Waals surface area contributed by atoms with Gasteiger partial charge in [-0.25, -0.2) is 4.79 Å². The van der Waals surface area contributed by atoms with Crippen LogP contribution in [0.2, 0.25) is 0 Å². The first-order valence-electron chi connectivity index (χ1n) is 8.52. The molecule has 0 unspecified atom stereocenters. The topological polar surface area (TPSA) is 83.1 Å². The molecule has 1 N–H and O–H groups in total. The number of rotatable bonds is 7. The second-order valence-corrected chi connectivity index (χ2v) is 6.18. The Balaban J connectivity index is 1.38. The molecule has 0 fully saturated rings. The minimum atomic E-state index is -0.603. The van der Waals surface area contributed by atoms with E-state index in [1.807, 2.05) is 38.1 Å². The van der Waals surface area contributed by atoms with Crippen molar-refractivity contribution >= 4 is 11.9 Å². The number of esters is 1. The predicted molar refractivity (Wildman–Crippen MR) is 96.8 cm³/mol. The first kappa shape index (κ1) is 18.6. The van der Waals surface area contributed by atoms with Crippen molar-refractivity contribution in [2.75, 3.05) is 20.0 Å². The Bertz CT molecular complexity index is 848. The van der Waals surface area contributed by atoms with E-state index in [-0.39, 0.29) is 20.0 Å². The van der Waals surface area contributed by atoms with Crippen LogP contribution in [0.25, 0.3) is 0 Å². The van der Waals surface area contributed by atoms with Crippen LogP contribution in [0.15, 0.2) is 36.4 Å². The number of amides is 1. The highest BCUT2D eigenvalue weighted by molar-refractivity contribution is 5.80. The van der Waals surface area contributed by atoms with Gasteiger partial charge in [-0.3, -0.25) is 4.79 Å². The summed E-state index contributed by atoms with van der Waals surface area (Å²) in [6.45, 7) is 3.72. The van der Waals surface area contributed by atoms with Crippen LogP contribution in [-0.4, -0.2) is 31.9 Å². The summed E-state index contributed by atoms with van der Waals surface area (Å²) in [6, 6.07) is 11.1. The summed E-state index contributed by atoms with van der Waals surface area (Å²) >= 11 is 0. The Kier molecular flexibility index (Phi) is 5.80. The van der Waals surface area contributed by atoms with Gasteiger partial charge in [-0.15, -0.1) is 0 Å². The third-order valence-corrected chi connectivity index (χ3v) is 3.98. The van der Waals surface area contributed by atoms with Gasteiger partial charge in [0.15, 0.2) is 24.7 Å². The van der Waals surface area contributed by atoms with E-state index in [1.165, 1.54) is 0 Å². The maximum atomic E-state index is 11.8. The molecule has 0 aromatic heterocycles. The van der Waals surface area contributed by atoms with E-state index in [0.29, 0.717) is 23.8 Å². The minimum Gasteiger partial charge on any atom is -0.482 e. The van der Waals surface area contributed by atoms with Crippen molar-refractivity contribution in [1.29, 1.82) is 0 Å². The number of hydrogen-bond acceptors (Lipinski definition) is 6. The summed E-state index contributed by atoms with van der Waals surface area (Å²) in [7, 11) is 0. The molecule has 27 heavy (non-hydrogen) atoms. The van der Waals surface area contributed by atoms with E-state index in [0.717, 1.165) is 16.7 Å². The van der Waals surface area contributed by atoms with E-state index < -0.39 is 11.9 Å². The average Bonchev–Trinajstić information content (AvgIpc) is 3.13. The van der Waals surface area contributed by atoms with Gasteiger partial charge in [0, 0.05) is 6.54 Å². The molecular formula is C20H21NO6. The molecule has 1 amide bonds. The highest BCUT2D eigenvalue weighted by Crippen LogP contribution is 2.32. The number of nitrogens with one attached hydrogen (secondary N) is 1. The molecule has 0 atom stereocenters. The summed E-state index contributed by atoms with van der Waals surface area (Å²) in [5.41, 5.74) is 2.82. The number of aryl methyl sites for hydroxylation is 2. The van der Waals surface area contributed by atoms with E-state index in [1.54, 1.807) is 12.1 Å². The molecule has 2 aromatic rings. The lowest BCUT2D eigenvalue weighted by molar-refractivity contribution is -0.150. The number of ether oxygens (including phenoxy) is 4. The van der Waals surface area contributed by atoms with Gasteiger partial charge in [-0.1, -0.05) is 18.2 Å². The van der Waals surface area contributed by atoms with Gasteiger partial charge >= 0.3 is 5.97 Å². The highest BCUT2D eigenvalue weighted by atomic mass is 16.7. The Hall–Kier alpha value is -3.22. The van der Waals surface area contributed by atoms with Crippen molar-refractivity contribution < 1.29 is 28.5 Å². The molecule has 0 radical (unpaired) electrons. The highest BCUT2D eigenvalue weighted by Gasteiger charge is 2.14. The quantitative estimate of drug-likeness (QED) is 0.752. The van der Waals surface area contributed by atoms with Crippen LogP contribution < -0.4 is 19.5 Å². The summed E-state index contributed by atoms with van der Waals surface area (Å²) in [4.78, 5) is 23.6. The normalized spacial score (nSPS) is 11.8. The maximum Gasteiger partial charge on any atom is 0.344 e. The van der Waals surface area contributed by atoms with Gasteiger partial charge in [0.05, 0.1) is 0 Å². The van der Waals surface area contributed by atoms with Gasteiger partial charge in [0.25, 0.3) is 5.91 Å². The second-order valence-electron chi connectivity index (χ2n) is 6.18. The zero-order valence-electron chi connectivity index (χ0n) is 15.2. The molecule has 3 rings (SSSR count). The molecule has 142 valence electrons. The van der Waals surface area contributed by atoms with Crippen LogP contribution in [0.3, 0.4) is 0 Å². The number of carbonyl (C=O) groups is 2. The summed E-state index contributed by atoms with van der Waals surface area (Å²) in [5, 5.41) is 2.68. The van der Waals surface area contributed by atoms with Crippen molar-refractivity contribution in [2.24, 2.45) is 0 Å². The lowest BCUT2D eigenvalue weighted by atomic mass is 10.1. The first-order chi connectivity index (χ1) is 13.0. The van der Waals surface area contributed by atoms with Crippen LogP contribution in [-0.2, 0) is 20.9 Å². The van der Waals surface area contributed by atoms with Crippen molar-refractivity contribution in [2.45, 2.75) is 20.4 Å². The predicted octanol–water partition coefficient (Wildman–Crippen LogP) is 2.27. The maximum absolute atomic E-state index is 11.8. The zero-order chi connectivity index (χ0) is 19.2. The second kappa shape index (κ2) is 8.44. The molecule has 2 aromatic carbocycles. The molecule has 0 spiro atoms. The smallest absolute Gasteiger partial charge is 0.344 e. The van der Waals surface area contributed by atoms with Crippen molar-refractivity contribution in [3.8, 4) is 17.2 Å². The Morgan fingerprint density at radius 1 is 1.04 bits per heavy atom. The fourth-order valence-electron chi connectivity index (χ4n) is 2.49. The molecule has 0 bridgehead atoms. The van der Waals surface area contributed by atoms with Crippen molar-refractivity contribution in [1.82, 2.24) is 5.32 Å². The van der Waals surface area contributed by atoms with E-state index in [4.69, 9.17) is 18.9 Å². The van der Waals surface area contributed by atoms with Gasteiger partial charge in [0.2, 0.25) is 6.79 Å². The lowest BCUT2D eigenvalue weighted by Crippen LogP contribution is -2.29. The molecule has 0 aliphatic carbocycles. The molecule has 7 nitrogen and oxygen atoms in total. The van der Waals surface area contributed by atoms with Crippen LogP contribution in [0.5, 0.6) is 17.2 Å². The molecule has 1 aliphatic heterocycles.